The fourth-order valence-corrected chi connectivity index (χ4v) is 0.877. The number of urea groups is 1. The molecule has 0 aliphatic rings. The van der Waals surface area contributed by atoms with Crippen molar-refractivity contribution in [1.29, 1.82) is 0 Å². The maximum Gasteiger partial charge on any atom is 0.324 e. The highest BCUT2D eigenvalue weighted by Crippen LogP contribution is 2.01. The molecule has 4 nitrogen and oxygen atoms in total. The smallest absolute Gasteiger partial charge is 0.324 e. The van der Waals surface area contributed by atoms with E-state index in [4.69, 9.17) is 11.5 Å². The zero-order valence-corrected chi connectivity index (χ0v) is 6.15. The first kappa shape index (κ1) is 8.58. The molecule has 0 fully saturated rings. The molecule has 0 aliphatic carbocycles. The average molecular weight is 149 g/mol. The Morgan fingerprint density at radius 2 is 2.33 bits per heavy atom. The maximum atomic E-state index is 10.4. The molecule has 0 heterocycles. The molecule has 4 N–H and O–H groups in total. The van der Waals surface area contributed by atoms with E-state index in [9.17, 15) is 4.79 Å². The van der Waals surface area contributed by atoms with Crippen LogP contribution in [0.3, 0.4) is 0 Å². The standard InChI is InChI=1S/C4H11N3OS/c1-9-7(3-2-5)4(6)8/h2-3,5H2,1H3,(H2,6,8). The normalized spacial score (nSPS) is 9.11. The van der Waals surface area contributed by atoms with Crippen molar-refractivity contribution >= 4 is 18.0 Å². The third-order valence-electron chi connectivity index (χ3n) is 0.798. The minimum atomic E-state index is -0.437. The molecule has 0 radical (unpaired) electrons. The summed E-state index contributed by atoms with van der Waals surface area (Å²) in [5.41, 5.74) is 10.1. The highest BCUT2D eigenvalue weighted by Gasteiger charge is 2.04. The monoisotopic (exact) mass is 149 g/mol. The molecule has 54 valence electrons. The number of hydrogen-bond donors (Lipinski definition) is 2. The summed E-state index contributed by atoms with van der Waals surface area (Å²) in [6.07, 6.45) is 1.78. The average Bonchev–Trinajstić information content (AvgIpc) is 1.82. The van der Waals surface area contributed by atoms with Gasteiger partial charge in [0.1, 0.15) is 0 Å². The minimum absolute atomic E-state index is 0.437. The highest BCUT2D eigenvalue weighted by molar-refractivity contribution is 7.96. The van der Waals surface area contributed by atoms with E-state index in [0.717, 1.165) is 0 Å². The van der Waals surface area contributed by atoms with E-state index < -0.39 is 6.03 Å². The Balaban J connectivity index is 3.54. The molecule has 0 spiro atoms. The van der Waals surface area contributed by atoms with Gasteiger partial charge in [-0.1, -0.05) is 0 Å². The molecule has 0 rings (SSSR count). The van der Waals surface area contributed by atoms with Gasteiger partial charge in [0.25, 0.3) is 0 Å². The van der Waals surface area contributed by atoms with Gasteiger partial charge in [0.05, 0.1) is 0 Å². The summed E-state index contributed by atoms with van der Waals surface area (Å²) in [6.45, 7) is 0.959. The van der Waals surface area contributed by atoms with Crippen LogP contribution < -0.4 is 11.5 Å². The largest absolute Gasteiger partial charge is 0.351 e. The second-order valence-corrected chi connectivity index (χ2v) is 2.22. The number of nitrogens with zero attached hydrogens (tertiary/aromatic N) is 1. The van der Waals surface area contributed by atoms with E-state index in [-0.39, 0.29) is 0 Å². The van der Waals surface area contributed by atoms with Gasteiger partial charge in [0.2, 0.25) is 0 Å². The SMILES string of the molecule is CSN(CCN)C(N)=O. The molecular weight excluding hydrogens is 138 g/mol. The molecule has 0 saturated heterocycles. The fraction of sp³-hybridized carbons (Fsp3) is 0.750. The van der Waals surface area contributed by atoms with E-state index in [1.54, 1.807) is 6.26 Å². The predicted octanol–water partition coefficient (Wildman–Crippen LogP) is -0.396. The molecule has 9 heavy (non-hydrogen) atoms. The van der Waals surface area contributed by atoms with Crippen LogP contribution in [-0.4, -0.2) is 29.7 Å². The number of hydrogen-bond acceptors (Lipinski definition) is 3. The number of rotatable bonds is 3. The van der Waals surface area contributed by atoms with Crippen molar-refractivity contribution in [1.82, 2.24) is 4.31 Å². The molecule has 0 bridgehead atoms. The van der Waals surface area contributed by atoms with Gasteiger partial charge in [-0.05, 0) is 11.9 Å². The van der Waals surface area contributed by atoms with Crippen LogP contribution in [0.4, 0.5) is 4.79 Å². The first-order valence-electron chi connectivity index (χ1n) is 2.53. The summed E-state index contributed by atoms with van der Waals surface area (Å²) in [6, 6.07) is -0.437. The lowest BCUT2D eigenvalue weighted by Crippen LogP contribution is -2.33. The second-order valence-electron chi connectivity index (χ2n) is 1.41. The van der Waals surface area contributed by atoms with Crippen molar-refractivity contribution in [3.05, 3.63) is 0 Å². The van der Waals surface area contributed by atoms with E-state index >= 15 is 0 Å². The van der Waals surface area contributed by atoms with Crippen LogP contribution in [0, 0.1) is 0 Å². The first-order chi connectivity index (χ1) is 4.22. The zero-order chi connectivity index (χ0) is 7.28. The lowest BCUT2D eigenvalue weighted by molar-refractivity contribution is 0.235. The van der Waals surface area contributed by atoms with Gasteiger partial charge >= 0.3 is 6.03 Å². The Hall–Kier alpha value is -0.420. The first-order valence-corrected chi connectivity index (χ1v) is 3.71. The number of primary amides is 1. The molecule has 2 amide bonds. The number of carbonyl (C=O) groups excluding carboxylic acids is 1. The van der Waals surface area contributed by atoms with Gasteiger partial charge in [0.15, 0.2) is 0 Å². The summed E-state index contributed by atoms with van der Waals surface area (Å²) < 4.78 is 1.40. The van der Waals surface area contributed by atoms with Gasteiger partial charge in [-0.2, -0.15) is 0 Å². The maximum absolute atomic E-state index is 10.4. The lowest BCUT2D eigenvalue weighted by atomic mass is 10.6. The van der Waals surface area contributed by atoms with Crippen molar-refractivity contribution in [2.24, 2.45) is 11.5 Å². The van der Waals surface area contributed by atoms with Crippen LogP contribution in [0.5, 0.6) is 0 Å². The van der Waals surface area contributed by atoms with Crippen LogP contribution in [0.25, 0.3) is 0 Å². The quantitative estimate of drug-likeness (QED) is 0.536. The Bertz CT molecular complexity index is 97.8. The predicted molar refractivity (Wildman–Crippen MR) is 38.9 cm³/mol. The molecular formula is C4H11N3OS. The van der Waals surface area contributed by atoms with Gasteiger partial charge in [-0.3, -0.25) is 4.31 Å². The topological polar surface area (TPSA) is 72.3 Å². The van der Waals surface area contributed by atoms with Gasteiger partial charge in [0, 0.05) is 19.3 Å². The van der Waals surface area contributed by atoms with Crippen molar-refractivity contribution in [2.45, 2.75) is 0 Å². The van der Waals surface area contributed by atoms with Gasteiger partial charge in [-0.25, -0.2) is 4.79 Å². The minimum Gasteiger partial charge on any atom is -0.351 e. The lowest BCUT2D eigenvalue weighted by Gasteiger charge is -2.14. The molecule has 0 aromatic rings. The van der Waals surface area contributed by atoms with E-state index in [2.05, 4.69) is 0 Å². The summed E-state index contributed by atoms with van der Waals surface area (Å²) in [4.78, 5) is 10.4. The van der Waals surface area contributed by atoms with Crippen LogP contribution in [-0.2, 0) is 0 Å². The van der Waals surface area contributed by atoms with Crippen molar-refractivity contribution in [3.63, 3.8) is 0 Å². The van der Waals surface area contributed by atoms with E-state index in [1.165, 1.54) is 16.3 Å². The van der Waals surface area contributed by atoms with E-state index in [1.807, 2.05) is 0 Å². The second kappa shape index (κ2) is 4.46. The molecule has 0 aromatic heterocycles. The third kappa shape index (κ3) is 3.21. The molecule has 0 aliphatic heterocycles. The van der Waals surface area contributed by atoms with Gasteiger partial charge < -0.3 is 11.5 Å². The highest BCUT2D eigenvalue weighted by atomic mass is 32.2. The summed E-state index contributed by atoms with van der Waals surface area (Å²) >= 11 is 1.28. The van der Waals surface area contributed by atoms with Crippen LogP contribution in [0.15, 0.2) is 0 Å². The molecule has 5 heteroatoms. The summed E-state index contributed by atoms with van der Waals surface area (Å²) in [5, 5.41) is 0. The number of amides is 2. The third-order valence-corrected chi connectivity index (χ3v) is 1.60. The van der Waals surface area contributed by atoms with Crippen molar-refractivity contribution < 1.29 is 4.79 Å². The summed E-state index contributed by atoms with van der Waals surface area (Å²) in [7, 11) is 0. The Morgan fingerprint density at radius 1 is 1.78 bits per heavy atom. The fourth-order valence-electron chi connectivity index (χ4n) is 0.409. The number of nitrogens with two attached hydrogens (primary N) is 2. The molecule has 0 atom stereocenters. The van der Waals surface area contributed by atoms with E-state index in [0.29, 0.717) is 13.1 Å². The Kier molecular flexibility index (Phi) is 4.25. The van der Waals surface area contributed by atoms with Crippen molar-refractivity contribution in [2.75, 3.05) is 19.3 Å². The number of carbonyl (C=O) groups is 1. The summed E-state index contributed by atoms with van der Waals surface area (Å²) in [5.74, 6) is 0. The molecule has 0 aromatic carbocycles. The van der Waals surface area contributed by atoms with Crippen molar-refractivity contribution in [3.8, 4) is 0 Å². The zero-order valence-electron chi connectivity index (χ0n) is 5.33. The van der Waals surface area contributed by atoms with Crippen LogP contribution in [0.1, 0.15) is 0 Å². The van der Waals surface area contributed by atoms with Crippen LogP contribution in [0.2, 0.25) is 0 Å². The Labute approximate surface area is 58.7 Å². The Morgan fingerprint density at radius 3 is 2.44 bits per heavy atom. The molecule has 0 saturated carbocycles. The molecule has 0 unspecified atom stereocenters. The van der Waals surface area contributed by atoms with Crippen LogP contribution >= 0.6 is 11.9 Å². The van der Waals surface area contributed by atoms with Gasteiger partial charge in [-0.15, -0.1) is 0 Å².